The summed E-state index contributed by atoms with van der Waals surface area (Å²) in [4.78, 5) is 5.14. The number of aromatic nitrogens is 2. The Bertz CT molecular complexity index is 6180. The molecule has 0 saturated heterocycles. The number of nitrogens with zero attached hydrogens (tertiary/aromatic N) is 4. The van der Waals surface area contributed by atoms with Crippen molar-refractivity contribution in [3.63, 3.8) is 0 Å². The van der Waals surface area contributed by atoms with E-state index in [1.165, 1.54) is 170 Å². The summed E-state index contributed by atoms with van der Waals surface area (Å²) in [7, 11) is 0. The Morgan fingerprint density at radius 2 is 0.755 bits per heavy atom. The van der Waals surface area contributed by atoms with Crippen LogP contribution in [0.25, 0.3) is 120 Å². The van der Waals surface area contributed by atoms with Crippen molar-refractivity contribution in [1.82, 2.24) is 8.96 Å². The first-order valence-corrected chi connectivity index (χ1v) is 34.3. The second-order valence-corrected chi connectivity index (χ2v) is 26.2. The molecule has 2 aromatic heterocycles. The molecule has 0 bridgehead atoms. The van der Waals surface area contributed by atoms with Crippen molar-refractivity contribution >= 4 is 156 Å². The number of para-hydroxylation sites is 2. The average Bonchev–Trinajstić information content (AvgIpc) is 1.43. The fourth-order valence-electron chi connectivity index (χ4n) is 16.7. The quantitative estimate of drug-likeness (QED) is 0.0992. The van der Waals surface area contributed by atoms with Crippen molar-refractivity contribution in [3.05, 3.63) is 340 Å². The van der Waals surface area contributed by atoms with Gasteiger partial charge >= 0.3 is 13.7 Å². The van der Waals surface area contributed by atoms with Gasteiger partial charge in [-0.3, -0.25) is 0 Å². The maximum Gasteiger partial charge on any atom is 0.333 e. The number of benzene rings is 15. The molecule has 98 heavy (non-hydrogen) atoms. The van der Waals surface area contributed by atoms with E-state index >= 15 is 0 Å². The van der Waals surface area contributed by atoms with Gasteiger partial charge in [-0.2, -0.15) is 0 Å². The SMILES string of the molecule is C/C=C\C=C/C.C=CC.Cc1cccc(-c2ccccc2)c1.c1cc2c3c(c1)N(c1ccc4ccccc4c1)c1cc4ccccc4cc1B3n1c3ccccc3c3c4c5c(c-2c31)c1ccccc1n5B1c2c-4cccc2N(c2ccc3ccccc3c2)c2ccc3ccccc3c21. The molecule has 4 aliphatic rings. The fourth-order valence-corrected chi connectivity index (χ4v) is 16.7. The predicted molar refractivity (Wildman–Crippen MR) is 426 cm³/mol. The van der Waals surface area contributed by atoms with Crippen LogP contribution >= 0.6 is 0 Å². The van der Waals surface area contributed by atoms with Gasteiger partial charge in [-0.05, 0) is 176 Å². The molecule has 0 N–H and O–H groups in total. The highest BCUT2D eigenvalue weighted by Crippen LogP contribution is 2.56. The fraction of sp³-hybridized carbons (Fsp3) is 0.0435. The van der Waals surface area contributed by atoms with Crippen molar-refractivity contribution in [1.29, 1.82) is 0 Å². The number of rotatable bonds is 4. The normalized spacial score (nSPS) is 12.8. The summed E-state index contributed by atoms with van der Waals surface area (Å²) in [5.74, 6) is 0. The predicted octanol–water partition coefficient (Wildman–Crippen LogP) is 22.3. The number of allylic oxidation sites excluding steroid dienone is 5. The minimum atomic E-state index is -0.110. The van der Waals surface area contributed by atoms with Crippen LogP contribution in [0.4, 0.5) is 34.1 Å². The van der Waals surface area contributed by atoms with E-state index in [1.807, 2.05) is 51.1 Å². The zero-order valence-electron chi connectivity index (χ0n) is 55.3. The van der Waals surface area contributed by atoms with Crippen molar-refractivity contribution in [2.24, 2.45) is 0 Å². The van der Waals surface area contributed by atoms with Crippen LogP contribution in [0.2, 0.25) is 0 Å². The second kappa shape index (κ2) is 23.7. The third-order valence-electron chi connectivity index (χ3n) is 20.5. The van der Waals surface area contributed by atoms with Gasteiger partial charge in [0.2, 0.25) is 0 Å². The number of fused-ring (bicyclic) bond motifs is 21. The molecule has 21 rings (SSSR count). The molecule has 0 fully saturated rings. The first kappa shape index (κ1) is 58.5. The van der Waals surface area contributed by atoms with Crippen LogP contribution in [0.15, 0.2) is 334 Å². The summed E-state index contributed by atoms with van der Waals surface area (Å²) < 4.78 is 5.55. The Morgan fingerprint density at radius 1 is 0.327 bits per heavy atom. The van der Waals surface area contributed by atoms with Crippen LogP contribution in [0.3, 0.4) is 0 Å². The van der Waals surface area contributed by atoms with Gasteiger partial charge in [-0.1, -0.05) is 273 Å². The van der Waals surface area contributed by atoms with Gasteiger partial charge in [0, 0.05) is 88.9 Å². The highest BCUT2D eigenvalue weighted by molar-refractivity contribution is 6.93. The van der Waals surface area contributed by atoms with Gasteiger partial charge in [0.15, 0.2) is 0 Å². The maximum atomic E-state index is 3.36. The Hall–Kier alpha value is -12.1. The van der Waals surface area contributed by atoms with Gasteiger partial charge in [0.05, 0.1) is 0 Å². The Morgan fingerprint density at radius 3 is 1.32 bits per heavy atom. The molecule has 462 valence electrons. The van der Waals surface area contributed by atoms with Crippen LogP contribution < -0.4 is 31.7 Å². The van der Waals surface area contributed by atoms with E-state index in [-0.39, 0.29) is 13.7 Å². The first-order valence-electron chi connectivity index (χ1n) is 34.3. The largest absolute Gasteiger partial charge is 0.375 e. The average molecular weight is 1250 g/mol. The Labute approximate surface area is 572 Å². The molecule has 6 heterocycles. The van der Waals surface area contributed by atoms with Gasteiger partial charge < -0.3 is 18.8 Å². The molecule has 0 radical (unpaired) electrons. The number of hydrogen-bond acceptors (Lipinski definition) is 2. The van der Waals surface area contributed by atoms with E-state index in [0.29, 0.717) is 0 Å². The van der Waals surface area contributed by atoms with Gasteiger partial charge in [0.1, 0.15) is 0 Å². The molecule has 0 aliphatic carbocycles. The lowest BCUT2D eigenvalue weighted by Crippen LogP contribution is -2.57. The van der Waals surface area contributed by atoms with Crippen LogP contribution in [-0.4, -0.2) is 22.7 Å². The lowest BCUT2D eigenvalue weighted by Gasteiger charge is -2.42. The van der Waals surface area contributed by atoms with Gasteiger partial charge in [-0.15, -0.1) is 6.58 Å². The lowest BCUT2D eigenvalue weighted by molar-refractivity contribution is 1.26. The van der Waals surface area contributed by atoms with E-state index in [2.05, 4.69) is 323 Å². The second-order valence-electron chi connectivity index (χ2n) is 26.2. The molecular weight excluding hydrogens is 1180 g/mol. The number of anilines is 6. The Kier molecular flexibility index (Phi) is 14.1. The summed E-state index contributed by atoms with van der Waals surface area (Å²) in [5.41, 5.74) is 26.8. The van der Waals surface area contributed by atoms with Crippen molar-refractivity contribution in [2.75, 3.05) is 9.80 Å². The van der Waals surface area contributed by atoms with Crippen LogP contribution in [-0.2, 0) is 0 Å². The van der Waals surface area contributed by atoms with Crippen LogP contribution in [0.5, 0.6) is 0 Å². The molecule has 15 aromatic carbocycles. The van der Waals surface area contributed by atoms with E-state index in [4.69, 9.17) is 0 Å². The molecule has 0 amide bonds. The highest BCUT2D eigenvalue weighted by atomic mass is 15.2. The lowest BCUT2D eigenvalue weighted by atomic mass is 9.44. The number of hydrogen-bond donors (Lipinski definition) is 0. The maximum absolute atomic E-state index is 3.36. The van der Waals surface area contributed by atoms with Crippen molar-refractivity contribution < 1.29 is 0 Å². The van der Waals surface area contributed by atoms with E-state index in [0.717, 1.165) is 11.4 Å². The monoisotopic (exact) mass is 1250 g/mol. The van der Waals surface area contributed by atoms with E-state index in [1.54, 1.807) is 6.08 Å². The third-order valence-corrected chi connectivity index (χ3v) is 20.5. The summed E-state index contributed by atoms with van der Waals surface area (Å²) in [6.45, 7) is 11.2. The van der Waals surface area contributed by atoms with E-state index < -0.39 is 0 Å². The molecule has 4 aliphatic heterocycles. The summed E-state index contributed by atoms with van der Waals surface area (Å²) in [6.07, 6.45) is 9.75. The zero-order valence-corrected chi connectivity index (χ0v) is 55.3. The third kappa shape index (κ3) is 8.94. The minimum absolute atomic E-state index is 0.0990. The Balaban J connectivity index is 0.000000273. The molecule has 4 nitrogen and oxygen atoms in total. The van der Waals surface area contributed by atoms with Crippen molar-refractivity contribution in [3.8, 4) is 33.4 Å². The van der Waals surface area contributed by atoms with Gasteiger partial charge in [0.25, 0.3) is 0 Å². The molecule has 17 aromatic rings. The standard InChI is InChI=1S/C70H40B2N4.C13H12.C6H10.C3H6/c1-3-18-44-37-48(34-31-41(44)15-1)73-59-30-14-26-54-65-62-51-23-9-11-27-56(51)75-69(62)64(63-52-24-10-12-28-57(52)76(70(63)65)72(68(54)59)66-50-22-8-7-17-43(50)33-36-60(66)73)53-25-13-29-58-67(53)71(75)55-39-46-20-5-6-21-47(46)40-61(55)74(58)49-35-32-42-16-2-4-19-45(42)38-49;1-11-6-5-9-13(10-11)12-7-3-2-4-8-12;1-3-5-6-4-2;1-3-2/h1-40H;2-10H,1H3;3-6H,1-2H3;3H,1H2,2H3/b;;5-3-,6-4-;. The van der Waals surface area contributed by atoms with Gasteiger partial charge in [-0.25, -0.2) is 0 Å². The minimum Gasteiger partial charge on any atom is -0.375 e. The highest BCUT2D eigenvalue weighted by Gasteiger charge is 2.48. The van der Waals surface area contributed by atoms with Crippen LogP contribution in [0, 0.1) is 6.92 Å². The summed E-state index contributed by atoms with van der Waals surface area (Å²) >= 11 is 0. The van der Waals surface area contributed by atoms with E-state index in [9.17, 15) is 0 Å². The molecule has 6 heteroatoms. The van der Waals surface area contributed by atoms with Crippen LogP contribution in [0.1, 0.15) is 26.3 Å². The number of aryl methyl sites for hydroxylation is 1. The topological polar surface area (TPSA) is 16.3 Å². The summed E-state index contributed by atoms with van der Waals surface area (Å²) in [6, 6.07) is 111. The molecule has 0 spiro atoms. The molecule has 0 unspecified atom stereocenters. The van der Waals surface area contributed by atoms with Crippen molar-refractivity contribution in [2.45, 2.75) is 27.7 Å². The smallest absolute Gasteiger partial charge is 0.333 e. The summed E-state index contributed by atoms with van der Waals surface area (Å²) in [5, 5.41) is 15.2. The zero-order chi connectivity index (χ0) is 65.7. The molecular formula is C92H68B2N4. The first-order chi connectivity index (χ1) is 48.4. The molecule has 0 saturated carbocycles. The molecule has 0 atom stereocenters.